The van der Waals surface area contributed by atoms with Crippen LogP contribution in [0.5, 0.6) is 0 Å². The SMILES string of the molecule is CCNC(c1ccccc1)C(C)CN(C)CCCOC. The highest BCUT2D eigenvalue weighted by molar-refractivity contribution is 5.19. The van der Waals surface area contributed by atoms with E-state index in [9.17, 15) is 0 Å². The summed E-state index contributed by atoms with van der Waals surface area (Å²) in [6, 6.07) is 11.2. The van der Waals surface area contributed by atoms with Gasteiger partial charge in [-0.15, -0.1) is 0 Å². The molecule has 0 aromatic heterocycles. The molecule has 0 radical (unpaired) electrons. The third-order valence-electron chi connectivity index (χ3n) is 3.64. The van der Waals surface area contributed by atoms with E-state index in [0.717, 1.165) is 32.7 Å². The first-order valence-electron chi connectivity index (χ1n) is 7.64. The fourth-order valence-electron chi connectivity index (χ4n) is 2.69. The van der Waals surface area contributed by atoms with E-state index in [1.54, 1.807) is 7.11 Å². The maximum absolute atomic E-state index is 5.11. The Kier molecular flexibility index (Phi) is 8.51. The van der Waals surface area contributed by atoms with Crippen LogP contribution in [0.4, 0.5) is 0 Å². The molecule has 1 aromatic carbocycles. The third kappa shape index (κ3) is 6.04. The van der Waals surface area contributed by atoms with Crippen molar-refractivity contribution in [2.24, 2.45) is 5.92 Å². The largest absolute Gasteiger partial charge is 0.385 e. The first-order valence-corrected chi connectivity index (χ1v) is 7.64. The zero-order valence-corrected chi connectivity index (χ0v) is 13.4. The summed E-state index contributed by atoms with van der Waals surface area (Å²) < 4.78 is 5.11. The Labute approximate surface area is 124 Å². The third-order valence-corrected chi connectivity index (χ3v) is 3.64. The van der Waals surface area contributed by atoms with Crippen molar-refractivity contribution in [1.82, 2.24) is 10.2 Å². The minimum atomic E-state index is 0.422. The quantitative estimate of drug-likeness (QED) is 0.666. The molecule has 20 heavy (non-hydrogen) atoms. The Hall–Kier alpha value is -0.900. The molecule has 0 aliphatic heterocycles. The Balaban J connectivity index is 2.54. The van der Waals surface area contributed by atoms with Gasteiger partial charge in [-0.05, 0) is 31.5 Å². The van der Waals surface area contributed by atoms with Crippen LogP contribution in [0.25, 0.3) is 0 Å². The molecule has 0 fully saturated rings. The van der Waals surface area contributed by atoms with E-state index >= 15 is 0 Å². The van der Waals surface area contributed by atoms with Crippen LogP contribution in [0.15, 0.2) is 30.3 Å². The smallest absolute Gasteiger partial charge is 0.0474 e. The van der Waals surface area contributed by atoms with Gasteiger partial charge in [-0.2, -0.15) is 0 Å². The summed E-state index contributed by atoms with van der Waals surface area (Å²) in [6.07, 6.45) is 1.09. The summed E-state index contributed by atoms with van der Waals surface area (Å²) in [6.45, 7) is 8.52. The van der Waals surface area contributed by atoms with Crippen LogP contribution in [0.2, 0.25) is 0 Å². The number of hydrogen-bond acceptors (Lipinski definition) is 3. The summed E-state index contributed by atoms with van der Waals surface area (Å²) in [7, 11) is 3.96. The lowest BCUT2D eigenvalue weighted by Gasteiger charge is -2.29. The normalized spacial score (nSPS) is 14.4. The van der Waals surface area contributed by atoms with Crippen LogP contribution in [-0.2, 0) is 4.74 Å². The minimum Gasteiger partial charge on any atom is -0.385 e. The summed E-state index contributed by atoms with van der Waals surface area (Å²) >= 11 is 0. The monoisotopic (exact) mass is 278 g/mol. The molecule has 0 saturated heterocycles. The first-order chi connectivity index (χ1) is 9.69. The van der Waals surface area contributed by atoms with Crippen LogP contribution in [0.3, 0.4) is 0 Å². The van der Waals surface area contributed by atoms with Crippen molar-refractivity contribution in [2.75, 3.05) is 40.4 Å². The summed E-state index contributed by atoms with van der Waals surface area (Å²) in [4.78, 5) is 2.40. The Morgan fingerprint density at radius 2 is 1.95 bits per heavy atom. The Morgan fingerprint density at radius 3 is 2.55 bits per heavy atom. The molecule has 2 unspecified atom stereocenters. The van der Waals surface area contributed by atoms with E-state index in [0.29, 0.717) is 12.0 Å². The molecule has 0 saturated carbocycles. The average molecular weight is 278 g/mol. The standard InChI is InChI=1S/C17H30N2O/c1-5-18-17(16-10-7-6-8-11-16)15(2)14-19(3)12-9-13-20-4/h6-8,10-11,15,17-18H,5,9,12-14H2,1-4H3. The van der Waals surface area contributed by atoms with Gasteiger partial charge < -0.3 is 15.0 Å². The topological polar surface area (TPSA) is 24.5 Å². The van der Waals surface area contributed by atoms with Crippen molar-refractivity contribution in [3.05, 3.63) is 35.9 Å². The van der Waals surface area contributed by atoms with Crippen molar-refractivity contribution >= 4 is 0 Å². The van der Waals surface area contributed by atoms with Gasteiger partial charge in [-0.25, -0.2) is 0 Å². The summed E-state index contributed by atoms with van der Waals surface area (Å²) in [5, 5.41) is 3.62. The van der Waals surface area contributed by atoms with E-state index in [1.165, 1.54) is 5.56 Å². The van der Waals surface area contributed by atoms with Gasteiger partial charge in [0.1, 0.15) is 0 Å². The Morgan fingerprint density at radius 1 is 1.25 bits per heavy atom. The Bertz CT molecular complexity index is 342. The van der Waals surface area contributed by atoms with Gasteiger partial charge in [0, 0.05) is 32.8 Å². The highest BCUT2D eigenvalue weighted by atomic mass is 16.5. The molecular formula is C17H30N2O. The van der Waals surface area contributed by atoms with Gasteiger partial charge >= 0.3 is 0 Å². The predicted octanol–water partition coefficient (Wildman–Crippen LogP) is 2.94. The molecule has 1 N–H and O–H groups in total. The van der Waals surface area contributed by atoms with E-state index in [-0.39, 0.29) is 0 Å². The fourth-order valence-corrected chi connectivity index (χ4v) is 2.69. The molecule has 1 rings (SSSR count). The second kappa shape index (κ2) is 9.92. The number of nitrogens with zero attached hydrogens (tertiary/aromatic N) is 1. The molecule has 0 bridgehead atoms. The van der Waals surface area contributed by atoms with Gasteiger partial charge in [-0.3, -0.25) is 0 Å². The van der Waals surface area contributed by atoms with Crippen molar-refractivity contribution in [3.8, 4) is 0 Å². The maximum atomic E-state index is 5.11. The van der Waals surface area contributed by atoms with Crippen molar-refractivity contribution < 1.29 is 4.74 Å². The number of benzene rings is 1. The van der Waals surface area contributed by atoms with Gasteiger partial charge in [0.2, 0.25) is 0 Å². The van der Waals surface area contributed by atoms with E-state index in [2.05, 4.69) is 61.4 Å². The number of methoxy groups -OCH3 is 1. The second-order valence-corrected chi connectivity index (χ2v) is 5.53. The molecule has 0 aliphatic rings. The summed E-state index contributed by atoms with van der Waals surface area (Å²) in [5.74, 6) is 0.574. The fraction of sp³-hybridized carbons (Fsp3) is 0.647. The molecule has 3 nitrogen and oxygen atoms in total. The number of ether oxygens (including phenoxy) is 1. The number of rotatable bonds is 10. The second-order valence-electron chi connectivity index (χ2n) is 5.53. The molecular weight excluding hydrogens is 248 g/mol. The minimum absolute atomic E-state index is 0.422. The lowest BCUT2D eigenvalue weighted by Crippen LogP contribution is -2.34. The van der Waals surface area contributed by atoms with Gasteiger partial charge in [0.05, 0.1) is 0 Å². The summed E-state index contributed by atoms with van der Waals surface area (Å²) in [5.41, 5.74) is 1.38. The maximum Gasteiger partial charge on any atom is 0.0474 e. The molecule has 114 valence electrons. The van der Waals surface area contributed by atoms with Gasteiger partial charge in [0.25, 0.3) is 0 Å². The van der Waals surface area contributed by atoms with Gasteiger partial charge in [0.15, 0.2) is 0 Å². The molecule has 3 heteroatoms. The van der Waals surface area contributed by atoms with Crippen LogP contribution >= 0.6 is 0 Å². The van der Waals surface area contributed by atoms with E-state index < -0.39 is 0 Å². The van der Waals surface area contributed by atoms with Crippen LogP contribution in [0, 0.1) is 5.92 Å². The highest BCUT2D eigenvalue weighted by Gasteiger charge is 2.19. The average Bonchev–Trinajstić information content (AvgIpc) is 2.45. The van der Waals surface area contributed by atoms with Crippen LogP contribution < -0.4 is 5.32 Å². The number of hydrogen-bond donors (Lipinski definition) is 1. The molecule has 0 aliphatic carbocycles. The zero-order valence-electron chi connectivity index (χ0n) is 13.4. The molecule has 0 amide bonds. The van der Waals surface area contributed by atoms with E-state index in [1.807, 2.05) is 0 Å². The predicted molar refractivity (Wildman–Crippen MR) is 86.0 cm³/mol. The van der Waals surface area contributed by atoms with E-state index in [4.69, 9.17) is 4.74 Å². The van der Waals surface area contributed by atoms with Gasteiger partial charge in [-0.1, -0.05) is 44.2 Å². The molecule has 2 atom stereocenters. The molecule has 1 aromatic rings. The molecule has 0 heterocycles. The lowest BCUT2D eigenvalue weighted by atomic mass is 9.94. The van der Waals surface area contributed by atoms with Crippen molar-refractivity contribution in [1.29, 1.82) is 0 Å². The van der Waals surface area contributed by atoms with Crippen molar-refractivity contribution in [3.63, 3.8) is 0 Å². The number of nitrogens with one attached hydrogen (secondary N) is 1. The molecule has 0 spiro atoms. The zero-order chi connectivity index (χ0) is 14.8. The lowest BCUT2D eigenvalue weighted by molar-refractivity contribution is 0.171. The van der Waals surface area contributed by atoms with Crippen LogP contribution in [-0.4, -0.2) is 45.3 Å². The highest BCUT2D eigenvalue weighted by Crippen LogP contribution is 2.22. The van der Waals surface area contributed by atoms with Crippen molar-refractivity contribution in [2.45, 2.75) is 26.3 Å². The first kappa shape index (κ1) is 17.2. The van der Waals surface area contributed by atoms with Crippen LogP contribution in [0.1, 0.15) is 31.9 Å².